The number of rotatable bonds is 6. The maximum absolute atomic E-state index is 3.78. The van der Waals surface area contributed by atoms with E-state index in [0.717, 1.165) is 4.47 Å². The van der Waals surface area contributed by atoms with Gasteiger partial charge in [-0.2, -0.15) is 0 Å². The van der Waals surface area contributed by atoms with E-state index >= 15 is 0 Å². The number of benzene rings is 7. The van der Waals surface area contributed by atoms with Crippen LogP contribution in [0.5, 0.6) is 0 Å². The smallest absolute Gasteiger partial charge is 0.179 e. The number of fused-ring (bicyclic) bond motifs is 3. The molecular formula is C42H30BrNSi. The zero-order chi connectivity index (χ0) is 30.2. The van der Waals surface area contributed by atoms with E-state index in [1.165, 1.54) is 59.4 Å². The third kappa shape index (κ3) is 4.59. The molecule has 1 nitrogen and oxygen atoms in total. The number of aromatic nitrogens is 1. The highest BCUT2D eigenvalue weighted by molar-refractivity contribution is 9.10. The van der Waals surface area contributed by atoms with E-state index in [0.29, 0.717) is 0 Å². The molecule has 0 saturated carbocycles. The van der Waals surface area contributed by atoms with Crippen LogP contribution < -0.4 is 20.7 Å². The number of hydrogen-bond donors (Lipinski definition) is 0. The van der Waals surface area contributed by atoms with Gasteiger partial charge in [0.25, 0.3) is 0 Å². The lowest BCUT2D eigenvalue weighted by molar-refractivity contribution is 1.18. The van der Waals surface area contributed by atoms with Crippen LogP contribution in [0.25, 0.3) is 38.6 Å². The second-order valence-corrected chi connectivity index (χ2v) is 16.2. The molecule has 45 heavy (non-hydrogen) atoms. The van der Waals surface area contributed by atoms with Crippen molar-refractivity contribution in [3.8, 4) is 16.8 Å². The largest absolute Gasteiger partial charge is 0.309 e. The first-order chi connectivity index (χ1) is 22.2. The first-order valence-corrected chi connectivity index (χ1v) is 18.1. The summed E-state index contributed by atoms with van der Waals surface area (Å²) in [6.45, 7) is 0. The van der Waals surface area contributed by atoms with Crippen molar-refractivity contribution in [3.63, 3.8) is 0 Å². The van der Waals surface area contributed by atoms with E-state index in [9.17, 15) is 0 Å². The van der Waals surface area contributed by atoms with Crippen molar-refractivity contribution in [2.45, 2.75) is 0 Å². The third-order valence-corrected chi connectivity index (χ3v) is 14.3. The Labute approximate surface area is 273 Å². The summed E-state index contributed by atoms with van der Waals surface area (Å²) in [6, 6.07) is 66.8. The van der Waals surface area contributed by atoms with Crippen molar-refractivity contribution in [2.75, 3.05) is 0 Å². The Kier molecular flexibility index (Phi) is 7.06. The van der Waals surface area contributed by atoms with E-state index < -0.39 is 8.07 Å². The minimum Gasteiger partial charge on any atom is -0.309 e. The van der Waals surface area contributed by atoms with Gasteiger partial charge in [0.05, 0.1) is 11.0 Å². The molecule has 0 amide bonds. The molecule has 8 rings (SSSR count). The van der Waals surface area contributed by atoms with Crippen molar-refractivity contribution in [2.24, 2.45) is 0 Å². The molecule has 0 spiro atoms. The molecule has 0 N–H and O–H groups in total. The highest BCUT2D eigenvalue weighted by atomic mass is 79.9. The summed E-state index contributed by atoms with van der Waals surface area (Å²) in [5, 5.41) is 7.98. The molecule has 7 aromatic carbocycles. The SMILES string of the molecule is Brc1ccc2c(c1)c1c(-c3ccccc3)cccc1n2-c1cccc([Si](c2ccccc2)(c2ccccc2)c2ccccc2)c1. The standard InChI is InChI=1S/C42H30BrNSi/c43-32-27-28-40-39(29-32)42-38(31-15-5-1-6-16-31)25-14-26-41(42)44(40)33-17-13-24-37(30-33)45(34-18-7-2-8-19-34,35-20-9-3-10-21-35)36-22-11-4-12-23-36/h1-30H. The second-order valence-electron chi connectivity index (χ2n) is 11.5. The monoisotopic (exact) mass is 655 g/mol. The Morgan fingerprint density at radius 1 is 0.422 bits per heavy atom. The fraction of sp³-hybridized carbons (Fsp3) is 0. The van der Waals surface area contributed by atoms with Gasteiger partial charge in [-0.05, 0) is 68.3 Å². The fourth-order valence-corrected chi connectivity index (χ4v) is 12.3. The summed E-state index contributed by atoms with van der Waals surface area (Å²) in [6.07, 6.45) is 0. The van der Waals surface area contributed by atoms with Gasteiger partial charge in [-0.3, -0.25) is 0 Å². The fourth-order valence-electron chi connectivity index (χ4n) is 7.12. The van der Waals surface area contributed by atoms with Gasteiger partial charge in [0.1, 0.15) is 0 Å². The average molecular weight is 657 g/mol. The summed E-state index contributed by atoms with van der Waals surface area (Å²) < 4.78 is 3.53. The highest BCUT2D eigenvalue weighted by Gasteiger charge is 2.41. The van der Waals surface area contributed by atoms with Crippen LogP contribution >= 0.6 is 15.9 Å². The van der Waals surface area contributed by atoms with E-state index in [1.807, 2.05) is 0 Å². The molecule has 1 heterocycles. The molecular weight excluding hydrogens is 626 g/mol. The quantitative estimate of drug-likeness (QED) is 0.125. The van der Waals surface area contributed by atoms with Crippen LogP contribution in [-0.4, -0.2) is 12.6 Å². The minimum absolute atomic E-state index is 1.08. The average Bonchev–Trinajstić information content (AvgIpc) is 3.44. The maximum Gasteiger partial charge on any atom is 0.179 e. The van der Waals surface area contributed by atoms with Crippen molar-refractivity contribution in [1.29, 1.82) is 0 Å². The van der Waals surface area contributed by atoms with Crippen LogP contribution in [0.4, 0.5) is 0 Å². The van der Waals surface area contributed by atoms with Crippen molar-refractivity contribution >= 4 is 66.6 Å². The zero-order valence-corrected chi connectivity index (χ0v) is 27.2. The van der Waals surface area contributed by atoms with Crippen LogP contribution in [0.1, 0.15) is 0 Å². The van der Waals surface area contributed by atoms with Crippen LogP contribution in [0.2, 0.25) is 0 Å². The van der Waals surface area contributed by atoms with Crippen LogP contribution in [0.15, 0.2) is 186 Å². The third-order valence-electron chi connectivity index (χ3n) is 8.99. The molecule has 0 aliphatic heterocycles. The predicted octanol–water partition coefficient (Wildman–Crippen LogP) is 8.59. The molecule has 8 aromatic rings. The van der Waals surface area contributed by atoms with Crippen molar-refractivity contribution in [3.05, 3.63) is 186 Å². The summed E-state index contributed by atoms with van der Waals surface area (Å²) in [5.41, 5.74) is 6.03. The van der Waals surface area contributed by atoms with Gasteiger partial charge in [0.15, 0.2) is 8.07 Å². The molecule has 0 bridgehead atoms. The van der Waals surface area contributed by atoms with Gasteiger partial charge in [0, 0.05) is 20.9 Å². The topological polar surface area (TPSA) is 4.93 Å². The molecule has 0 atom stereocenters. The lowest BCUT2D eigenvalue weighted by atomic mass is 9.99. The molecule has 0 unspecified atom stereocenters. The first-order valence-electron chi connectivity index (χ1n) is 15.3. The van der Waals surface area contributed by atoms with Gasteiger partial charge < -0.3 is 4.57 Å². The van der Waals surface area contributed by atoms with E-state index in [1.54, 1.807) is 0 Å². The van der Waals surface area contributed by atoms with Crippen molar-refractivity contribution in [1.82, 2.24) is 4.57 Å². The van der Waals surface area contributed by atoms with Gasteiger partial charge in [-0.15, -0.1) is 0 Å². The van der Waals surface area contributed by atoms with Crippen LogP contribution in [-0.2, 0) is 0 Å². The maximum atomic E-state index is 3.78. The Morgan fingerprint density at radius 3 is 1.56 bits per heavy atom. The molecule has 0 radical (unpaired) electrons. The Morgan fingerprint density at radius 2 is 0.956 bits per heavy atom. The highest BCUT2D eigenvalue weighted by Crippen LogP contribution is 2.39. The molecule has 214 valence electrons. The van der Waals surface area contributed by atoms with E-state index in [-0.39, 0.29) is 0 Å². The predicted molar refractivity (Wildman–Crippen MR) is 198 cm³/mol. The minimum atomic E-state index is -2.67. The van der Waals surface area contributed by atoms with Gasteiger partial charge >= 0.3 is 0 Å². The number of nitrogens with zero attached hydrogens (tertiary/aromatic N) is 1. The molecule has 0 aliphatic carbocycles. The molecule has 1 aromatic heterocycles. The molecule has 3 heteroatoms. The normalized spacial score (nSPS) is 11.7. The van der Waals surface area contributed by atoms with Gasteiger partial charge in [0.2, 0.25) is 0 Å². The van der Waals surface area contributed by atoms with E-state index in [4.69, 9.17) is 0 Å². The second kappa shape index (κ2) is 11.5. The van der Waals surface area contributed by atoms with E-state index in [2.05, 4.69) is 202 Å². The van der Waals surface area contributed by atoms with Gasteiger partial charge in [-0.25, -0.2) is 0 Å². The summed E-state index contributed by atoms with van der Waals surface area (Å²) in [5.74, 6) is 0. The Balaban J connectivity index is 1.46. The van der Waals surface area contributed by atoms with Crippen LogP contribution in [0.3, 0.4) is 0 Å². The lowest BCUT2D eigenvalue weighted by Gasteiger charge is -2.34. The lowest BCUT2D eigenvalue weighted by Crippen LogP contribution is -2.74. The molecule has 0 saturated heterocycles. The Hall–Kier alpha value is -4.96. The molecule has 0 fully saturated rings. The summed E-state index contributed by atoms with van der Waals surface area (Å²) in [4.78, 5) is 0. The Bertz CT molecular complexity index is 2160. The zero-order valence-electron chi connectivity index (χ0n) is 24.6. The van der Waals surface area contributed by atoms with Gasteiger partial charge in [-0.1, -0.05) is 162 Å². The molecule has 0 aliphatic rings. The summed E-state index contributed by atoms with van der Waals surface area (Å²) in [7, 11) is -2.67. The first kappa shape index (κ1) is 27.6. The van der Waals surface area contributed by atoms with Crippen LogP contribution in [0, 0.1) is 0 Å². The number of hydrogen-bond acceptors (Lipinski definition) is 0. The van der Waals surface area contributed by atoms with Crippen molar-refractivity contribution < 1.29 is 0 Å². The summed E-state index contributed by atoms with van der Waals surface area (Å²) >= 11 is 3.78. The number of halogens is 1.